The van der Waals surface area contributed by atoms with Crippen LogP contribution in [0.15, 0.2) is 18.2 Å². The molecule has 0 radical (unpaired) electrons. The van der Waals surface area contributed by atoms with E-state index >= 15 is 0 Å². The van der Waals surface area contributed by atoms with E-state index in [1.807, 2.05) is 36.7 Å². The van der Waals surface area contributed by atoms with Gasteiger partial charge in [-0.05, 0) is 24.6 Å². The van der Waals surface area contributed by atoms with E-state index in [0.717, 1.165) is 26.7 Å². The quantitative estimate of drug-likeness (QED) is 0.901. The number of benzene rings is 1. The summed E-state index contributed by atoms with van der Waals surface area (Å²) in [5.74, 6) is 0.932. The van der Waals surface area contributed by atoms with Gasteiger partial charge in [-0.25, -0.2) is 4.98 Å². The van der Waals surface area contributed by atoms with Gasteiger partial charge in [0.25, 0.3) is 10.2 Å². The molecule has 0 amide bonds. The Morgan fingerprint density at radius 3 is 2.68 bits per heavy atom. The molecule has 1 heterocycles. The lowest BCUT2D eigenvalue weighted by molar-refractivity contribution is 0.505. The van der Waals surface area contributed by atoms with E-state index in [-0.39, 0.29) is 6.54 Å². The van der Waals surface area contributed by atoms with Gasteiger partial charge in [-0.1, -0.05) is 6.07 Å². The van der Waals surface area contributed by atoms with Crippen LogP contribution >= 0.6 is 0 Å². The van der Waals surface area contributed by atoms with E-state index in [2.05, 4.69) is 9.71 Å². The molecule has 0 saturated carbocycles. The number of fused-ring (bicyclic) bond motifs is 1. The Morgan fingerprint density at radius 1 is 1.37 bits per heavy atom. The molecule has 2 aromatic rings. The first-order valence-electron chi connectivity index (χ1n) is 5.90. The molecule has 6 nitrogen and oxygen atoms in total. The van der Waals surface area contributed by atoms with Crippen molar-refractivity contribution in [2.75, 3.05) is 14.1 Å². The van der Waals surface area contributed by atoms with Crippen molar-refractivity contribution in [3.05, 3.63) is 29.6 Å². The lowest BCUT2D eigenvalue weighted by Gasteiger charge is -2.12. The number of rotatable bonds is 4. The summed E-state index contributed by atoms with van der Waals surface area (Å²) in [5.41, 5.74) is 2.80. The van der Waals surface area contributed by atoms with Crippen molar-refractivity contribution in [1.82, 2.24) is 18.6 Å². The maximum atomic E-state index is 11.6. The summed E-state index contributed by atoms with van der Waals surface area (Å²) in [5, 5.41) is 0. The highest BCUT2D eigenvalue weighted by Gasteiger charge is 2.12. The summed E-state index contributed by atoms with van der Waals surface area (Å²) in [7, 11) is 1.55. The van der Waals surface area contributed by atoms with Gasteiger partial charge in [0, 0.05) is 27.7 Å². The van der Waals surface area contributed by atoms with Crippen molar-refractivity contribution in [3.8, 4) is 0 Å². The summed E-state index contributed by atoms with van der Waals surface area (Å²) in [6.45, 7) is 2.19. The number of hydrogen-bond acceptors (Lipinski definition) is 3. The van der Waals surface area contributed by atoms with Crippen LogP contribution in [0.3, 0.4) is 0 Å². The van der Waals surface area contributed by atoms with Crippen LogP contribution in [0.25, 0.3) is 11.0 Å². The van der Waals surface area contributed by atoms with E-state index in [9.17, 15) is 8.42 Å². The number of imidazole rings is 1. The lowest BCUT2D eigenvalue weighted by Crippen LogP contribution is -2.35. The van der Waals surface area contributed by atoms with Gasteiger partial charge in [0.15, 0.2) is 0 Å². The number of nitrogens with zero attached hydrogens (tertiary/aromatic N) is 3. The topological polar surface area (TPSA) is 67.2 Å². The fourth-order valence-corrected chi connectivity index (χ4v) is 2.39. The van der Waals surface area contributed by atoms with Crippen LogP contribution in [0.4, 0.5) is 0 Å². The van der Waals surface area contributed by atoms with Gasteiger partial charge in [-0.2, -0.15) is 17.4 Å². The molecule has 104 valence electrons. The smallest absolute Gasteiger partial charge is 0.279 e. The van der Waals surface area contributed by atoms with Crippen molar-refractivity contribution in [2.24, 2.45) is 7.05 Å². The van der Waals surface area contributed by atoms with E-state index in [1.54, 1.807) is 0 Å². The maximum Gasteiger partial charge on any atom is 0.279 e. The fraction of sp³-hybridized carbons (Fsp3) is 0.417. The predicted octanol–water partition coefficient (Wildman–Crippen LogP) is 0.778. The van der Waals surface area contributed by atoms with Gasteiger partial charge >= 0.3 is 0 Å². The monoisotopic (exact) mass is 282 g/mol. The van der Waals surface area contributed by atoms with Gasteiger partial charge in [0.1, 0.15) is 5.82 Å². The lowest BCUT2D eigenvalue weighted by atomic mass is 10.2. The zero-order chi connectivity index (χ0) is 14.2. The van der Waals surface area contributed by atoms with Gasteiger partial charge in [0.2, 0.25) is 0 Å². The summed E-state index contributed by atoms with van der Waals surface area (Å²) >= 11 is 0. The molecule has 0 unspecified atom stereocenters. The van der Waals surface area contributed by atoms with Crippen LogP contribution in [0.5, 0.6) is 0 Å². The number of aromatic nitrogens is 2. The first-order valence-corrected chi connectivity index (χ1v) is 7.34. The molecule has 7 heteroatoms. The second-order valence-corrected chi connectivity index (χ2v) is 6.62. The van der Waals surface area contributed by atoms with E-state index in [1.165, 1.54) is 14.1 Å². The molecule has 2 rings (SSSR count). The Hall–Kier alpha value is -1.44. The molecule has 0 atom stereocenters. The van der Waals surface area contributed by atoms with Crippen LogP contribution in [0, 0.1) is 6.92 Å². The van der Waals surface area contributed by atoms with Crippen molar-refractivity contribution in [1.29, 1.82) is 0 Å². The highest BCUT2D eigenvalue weighted by molar-refractivity contribution is 7.87. The van der Waals surface area contributed by atoms with Crippen LogP contribution < -0.4 is 4.72 Å². The van der Waals surface area contributed by atoms with Crippen LogP contribution in [0.2, 0.25) is 0 Å². The zero-order valence-electron chi connectivity index (χ0n) is 11.5. The standard InChI is InChI=1S/C12H18N4O2S/c1-9-14-11-7-10(5-6-12(11)16(9)4)8-13-19(17,18)15(2)3/h5-7,13H,8H2,1-4H3. The van der Waals surface area contributed by atoms with Crippen molar-refractivity contribution >= 4 is 21.2 Å². The highest BCUT2D eigenvalue weighted by atomic mass is 32.2. The molecule has 1 aromatic heterocycles. The molecule has 0 aliphatic rings. The minimum atomic E-state index is -3.39. The van der Waals surface area contributed by atoms with Crippen LogP contribution in [-0.4, -0.2) is 36.4 Å². The average Bonchev–Trinajstić information content (AvgIpc) is 2.62. The van der Waals surface area contributed by atoms with Crippen molar-refractivity contribution in [2.45, 2.75) is 13.5 Å². The third-order valence-corrected chi connectivity index (χ3v) is 4.58. The van der Waals surface area contributed by atoms with E-state index in [0.29, 0.717) is 0 Å². The minimum Gasteiger partial charge on any atom is -0.331 e. The first-order chi connectivity index (χ1) is 8.81. The molecule has 0 spiro atoms. The highest BCUT2D eigenvalue weighted by Crippen LogP contribution is 2.16. The fourth-order valence-electron chi connectivity index (χ4n) is 1.78. The van der Waals surface area contributed by atoms with Crippen molar-refractivity contribution in [3.63, 3.8) is 0 Å². The SMILES string of the molecule is Cc1nc2cc(CNS(=O)(=O)N(C)C)ccc2n1C. The molecular formula is C12H18N4O2S. The largest absolute Gasteiger partial charge is 0.331 e. The predicted molar refractivity (Wildman–Crippen MR) is 74.9 cm³/mol. The number of hydrogen-bond donors (Lipinski definition) is 1. The van der Waals surface area contributed by atoms with Gasteiger partial charge in [-0.3, -0.25) is 0 Å². The Morgan fingerprint density at radius 2 is 2.05 bits per heavy atom. The number of nitrogens with one attached hydrogen (secondary N) is 1. The molecule has 19 heavy (non-hydrogen) atoms. The van der Waals surface area contributed by atoms with Crippen molar-refractivity contribution < 1.29 is 8.42 Å². The maximum absolute atomic E-state index is 11.6. The first kappa shape index (κ1) is 14.0. The molecule has 1 N–H and O–H groups in total. The normalized spacial score (nSPS) is 12.5. The molecule has 0 aliphatic heterocycles. The van der Waals surface area contributed by atoms with Crippen LogP contribution in [0.1, 0.15) is 11.4 Å². The van der Waals surface area contributed by atoms with E-state index < -0.39 is 10.2 Å². The summed E-state index contributed by atoms with van der Waals surface area (Å²) in [4.78, 5) is 4.43. The summed E-state index contributed by atoms with van der Waals surface area (Å²) in [6, 6.07) is 5.76. The Labute approximate surface area is 113 Å². The molecule has 0 saturated heterocycles. The molecule has 0 aliphatic carbocycles. The molecule has 1 aromatic carbocycles. The van der Waals surface area contributed by atoms with E-state index in [4.69, 9.17) is 0 Å². The van der Waals surface area contributed by atoms with Gasteiger partial charge < -0.3 is 4.57 Å². The Kier molecular flexibility index (Phi) is 3.62. The molecule has 0 fully saturated rings. The third-order valence-electron chi connectivity index (χ3n) is 3.11. The minimum absolute atomic E-state index is 0.256. The Bertz CT molecular complexity index is 704. The average molecular weight is 282 g/mol. The molecular weight excluding hydrogens is 264 g/mol. The molecule has 0 bridgehead atoms. The second kappa shape index (κ2) is 4.92. The zero-order valence-corrected chi connectivity index (χ0v) is 12.3. The van der Waals surface area contributed by atoms with Gasteiger partial charge in [0.05, 0.1) is 11.0 Å². The van der Waals surface area contributed by atoms with Crippen LogP contribution in [-0.2, 0) is 23.8 Å². The summed E-state index contributed by atoms with van der Waals surface area (Å²) in [6.07, 6.45) is 0. The van der Waals surface area contributed by atoms with Gasteiger partial charge in [-0.15, -0.1) is 0 Å². The number of aryl methyl sites for hydroxylation is 2. The summed E-state index contributed by atoms with van der Waals surface area (Å²) < 4.78 is 28.9. The Balaban J connectivity index is 2.23. The third kappa shape index (κ3) is 2.78. The second-order valence-electron chi connectivity index (χ2n) is 4.65.